The average Bonchev–Trinajstić information content (AvgIpc) is 2.91. The third-order valence-corrected chi connectivity index (χ3v) is 6.11. The summed E-state index contributed by atoms with van der Waals surface area (Å²) in [7, 11) is 1.76. The fourth-order valence-electron chi connectivity index (χ4n) is 3.64. The maximum absolute atomic E-state index is 12.5. The van der Waals surface area contributed by atoms with Crippen molar-refractivity contribution in [2.24, 2.45) is 5.92 Å². The Morgan fingerprint density at radius 1 is 1.30 bits per heavy atom. The van der Waals surface area contributed by atoms with Crippen LogP contribution >= 0.6 is 11.8 Å². The number of ether oxygens (including phenoxy) is 2. The number of carbonyl (C=O) groups is 1. The van der Waals surface area contributed by atoms with Gasteiger partial charge in [-0.05, 0) is 37.2 Å². The highest BCUT2D eigenvalue weighted by Crippen LogP contribution is 2.37. The first-order chi connectivity index (χ1) is 9.72. The Morgan fingerprint density at radius 2 is 2.00 bits per heavy atom. The lowest BCUT2D eigenvalue weighted by atomic mass is 9.87. The molecule has 0 bridgehead atoms. The number of piperidine rings is 1. The Kier molecular flexibility index (Phi) is 4.58. The highest BCUT2D eigenvalue weighted by atomic mass is 32.2. The van der Waals surface area contributed by atoms with Crippen LogP contribution in [0.15, 0.2) is 0 Å². The van der Waals surface area contributed by atoms with E-state index in [1.165, 1.54) is 0 Å². The van der Waals surface area contributed by atoms with Crippen LogP contribution in [0.5, 0.6) is 0 Å². The Bertz CT molecular complexity index is 349. The van der Waals surface area contributed by atoms with E-state index in [1.807, 2.05) is 11.8 Å². The molecule has 0 aromatic heterocycles. The highest BCUT2D eigenvalue weighted by Gasteiger charge is 2.44. The summed E-state index contributed by atoms with van der Waals surface area (Å²) in [6, 6.07) is 0. The fraction of sp³-hybridized carbons (Fsp3) is 0.933. The first-order valence-corrected chi connectivity index (χ1v) is 8.91. The minimum atomic E-state index is -0.0140. The van der Waals surface area contributed by atoms with Gasteiger partial charge in [-0.25, -0.2) is 0 Å². The zero-order valence-corrected chi connectivity index (χ0v) is 13.1. The third-order valence-electron chi connectivity index (χ3n) is 5.07. The summed E-state index contributed by atoms with van der Waals surface area (Å²) < 4.78 is 11.4. The van der Waals surface area contributed by atoms with Crippen LogP contribution in [0.3, 0.4) is 0 Å². The van der Waals surface area contributed by atoms with Crippen LogP contribution < -0.4 is 0 Å². The van der Waals surface area contributed by atoms with Crippen LogP contribution in [0.1, 0.15) is 32.1 Å². The van der Waals surface area contributed by atoms with Crippen molar-refractivity contribution < 1.29 is 14.3 Å². The minimum absolute atomic E-state index is 0.0140. The van der Waals surface area contributed by atoms with Crippen molar-refractivity contribution in [1.29, 1.82) is 0 Å². The van der Waals surface area contributed by atoms with E-state index in [-0.39, 0.29) is 17.6 Å². The zero-order valence-electron chi connectivity index (χ0n) is 12.3. The summed E-state index contributed by atoms with van der Waals surface area (Å²) in [5, 5.41) is 0. The van der Waals surface area contributed by atoms with E-state index in [1.54, 1.807) is 7.11 Å². The van der Waals surface area contributed by atoms with E-state index >= 15 is 0 Å². The first-order valence-electron chi connectivity index (χ1n) is 7.76. The fourth-order valence-corrected chi connectivity index (χ4v) is 4.75. The Morgan fingerprint density at radius 3 is 2.60 bits per heavy atom. The molecule has 5 heteroatoms. The molecule has 1 atom stereocenters. The van der Waals surface area contributed by atoms with Crippen molar-refractivity contribution in [1.82, 2.24) is 4.90 Å². The second-order valence-corrected chi connectivity index (χ2v) is 7.49. The number of likely N-dealkylation sites (tertiary alicyclic amines) is 1. The molecule has 0 radical (unpaired) electrons. The number of rotatable bonds is 2. The van der Waals surface area contributed by atoms with Crippen molar-refractivity contribution in [3.05, 3.63) is 0 Å². The molecule has 1 amide bonds. The molecule has 3 rings (SSSR count). The number of amides is 1. The van der Waals surface area contributed by atoms with Gasteiger partial charge in [0.25, 0.3) is 0 Å². The van der Waals surface area contributed by atoms with Gasteiger partial charge in [0.15, 0.2) is 0 Å². The second-order valence-electron chi connectivity index (χ2n) is 6.27. The molecule has 114 valence electrons. The monoisotopic (exact) mass is 299 g/mol. The van der Waals surface area contributed by atoms with Gasteiger partial charge in [0.1, 0.15) is 0 Å². The molecule has 3 fully saturated rings. The molecule has 4 nitrogen and oxygen atoms in total. The number of carbonyl (C=O) groups excluding carboxylic acids is 1. The normalized spacial score (nSPS) is 30.9. The smallest absolute Gasteiger partial charge is 0.225 e. The summed E-state index contributed by atoms with van der Waals surface area (Å²) in [5.74, 6) is 2.96. The highest BCUT2D eigenvalue weighted by molar-refractivity contribution is 7.99. The first kappa shape index (κ1) is 14.7. The number of thioether (sulfide) groups is 1. The van der Waals surface area contributed by atoms with Gasteiger partial charge in [0, 0.05) is 32.5 Å². The molecule has 3 aliphatic heterocycles. The van der Waals surface area contributed by atoms with Gasteiger partial charge in [-0.15, -0.1) is 0 Å². The molecular formula is C15H25NO3S. The molecule has 3 saturated heterocycles. The van der Waals surface area contributed by atoms with Crippen LogP contribution in [0.25, 0.3) is 0 Å². The summed E-state index contributed by atoms with van der Waals surface area (Å²) in [6.07, 6.45) is 5.31. The van der Waals surface area contributed by atoms with Gasteiger partial charge < -0.3 is 14.4 Å². The van der Waals surface area contributed by atoms with Crippen LogP contribution in [-0.4, -0.2) is 60.8 Å². The lowest BCUT2D eigenvalue weighted by Gasteiger charge is -2.40. The van der Waals surface area contributed by atoms with Gasteiger partial charge in [-0.2, -0.15) is 11.8 Å². The predicted molar refractivity (Wildman–Crippen MR) is 80.0 cm³/mol. The average molecular weight is 299 g/mol. The molecule has 20 heavy (non-hydrogen) atoms. The Hall–Kier alpha value is -0.260. The maximum Gasteiger partial charge on any atom is 0.225 e. The summed E-state index contributed by atoms with van der Waals surface area (Å²) in [6.45, 7) is 2.43. The molecule has 0 unspecified atom stereocenters. The van der Waals surface area contributed by atoms with Gasteiger partial charge in [-0.3, -0.25) is 4.79 Å². The summed E-state index contributed by atoms with van der Waals surface area (Å²) in [4.78, 5) is 14.6. The van der Waals surface area contributed by atoms with Crippen molar-refractivity contribution in [3.63, 3.8) is 0 Å². The Labute approximate surface area is 125 Å². The van der Waals surface area contributed by atoms with Gasteiger partial charge >= 0.3 is 0 Å². The maximum atomic E-state index is 12.5. The van der Waals surface area contributed by atoms with Crippen molar-refractivity contribution in [2.75, 3.05) is 38.3 Å². The van der Waals surface area contributed by atoms with Gasteiger partial charge in [0.2, 0.25) is 5.91 Å². The van der Waals surface area contributed by atoms with Crippen LogP contribution in [0.4, 0.5) is 0 Å². The van der Waals surface area contributed by atoms with E-state index in [4.69, 9.17) is 9.47 Å². The standard InChI is InChI=1S/C15H25NO3S/c1-18-13-10-15(19-11-13)4-6-16(7-5-15)14(17)12-2-8-20-9-3-12/h12-13H,2-11H2,1H3/t13-/m1/s1. The Balaban J connectivity index is 1.52. The summed E-state index contributed by atoms with van der Waals surface area (Å²) in [5.41, 5.74) is -0.0140. The van der Waals surface area contributed by atoms with Crippen LogP contribution in [0, 0.1) is 5.92 Å². The van der Waals surface area contributed by atoms with E-state index in [9.17, 15) is 4.79 Å². The van der Waals surface area contributed by atoms with Crippen molar-refractivity contribution >= 4 is 17.7 Å². The van der Waals surface area contributed by atoms with E-state index < -0.39 is 0 Å². The molecule has 0 aromatic carbocycles. The largest absolute Gasteiger partial charge is 0.379 e. The number of methoxy groups -OCH3 is 1. The number of nitrogens with zero attached hydrogens (tertiary/aromatic N) is 1. The molecule has 0 saturated carbocycles. The van der Waals surface area contributed by atoms with Crippen molar-refractivity contribution in [3.8, 4) is 0 Å². The second kappa shape index (κ2) is 6.24. The van der Waals surface area contributed by atoms with Crippen LogP contribution in [0.2, 0.25) is 0 Å². The quantitative estimate of drug-likeness (QED) is 0.781. The molecular weight excluding hydrogens is 274 g/mol. The lowest BCUT2D eigenvalue weighted by molar-refractivity contribution is -0.140. The zero-order chi connectivity index (χ0) is 14.0. The molecule has 1 spiro atoms. The molecule has 0 aromatic rings. The van der Waals surface area contributed by atoms with E-state index in [0.717, 1.165) is 56.7 Å². The number of hydrogen-bond acceptors (Lipinski definition) is 4. The summed E-state index contributed by atoms with van der Waals surface area (Å²) >= 11 is 1.98. The molecule has 3 aliphatic rings. The minimum Gasteiger partial charge on any atom is -0.379 e. The van der Waals surface area contributed by atoms with Gasteiger partial charge in [-0.1, -0.05) is 0 Å². The van der Waals surface area contributed by atoms with E-state index in [0.29, 0.717) is 12.5 Å². The topological polar surface area (TPSA) is 38.8 Å². The van der Waals surface area contributed by atoms with E-state index in [2.05, 4.69) is 4.90 Å². The predicted octanol–water partition coefficient (Wildman–Crippen LogP) is 1.93. The molecule has 0 aliphatic carbocycles. The lowest BCUT2D eigenvalue weighted by Crippen LogP contribution is -2.48. The molecule has 0 N–H and O–H groups in total. The SMILES string of the molecule is CO[C@H]1COC2(CCN(C(=O)C3CCSCC3)CC2)C1. The third kappa shape index (κ3) is 3.00. The molecule has 3 heterocycles. The van der Waals surface area contributed by atoms with Crippen molar-refractivity contribution in [2.45, 2.75) is 43.8 Å². The van der Waals surface area contributed by atoms with Gasteiger partial charge in [0.05, 0.1) is 18.3 Å². The van der Waals surface area contributed by atoms with Crippen LogP contribution in [-0.2, 0) is 14.3 Å². The number of hydrogen-bond donors (Lipinski definition) is 0.